The fourth-order valence-corrected chi connectivity index (χ4v) is 4.63. The van der Waals surface area contributed by atoms with E-state index in [2.05, 4.69) is 39.5 Å². The molecule has 2 aromatic heterocycles. The zero-order valence-electron chi connectivity index (χ0n) is 18.6. The summed E-state index contributed by atoms with van der Waals surface area (Å²) >= 11 is 0. The molecule has 2 aromatic carbocycles. The van der Waals surface area contributed by atoms with Gasteiger partial charge in [-0.15, -0.1) is 0 Å². The van der Waals surface area contributed by atoms with E-state index < -0.39 is 0 Å². The van der Waals surface area contributed by atoms with Crippen molar-refractivity contribution in [3.8, 4) is 0 Å². The third kappa shape index (κ3) is 4.21. The molecule has 5 nitrogen and oxygen atoms in total. The number of fused-ring (bicyclic) bond motifs is 2. The molecule has 1 unspecified atom stereocenters. The number of benzene rings is 2. The van der Waals surface area contributed by atoms with E-state index in [-0.39, 0.29) is 11.9 Å². The van der Waals surface area contributed by atoms with Crippen LogP contribution in [0.3, 0.4) is 0 Å². The number of aromatic nitrogens is 2. The Balaban J connectivity index is 1.38. The number of rotatable bonds is 5. The van der Waals surface area contributed by atoms with Crippen molar-refractivity contribution in [1.29, 1.82) is 0 Å². The number of hydrogen-bond donors (Lipinski definition) is 1. The summed E-state index contributed by atoms with van der Waals surface area (Å²) in [6, 6.07) is 20.6. The van der Waals surface area contributed by atoms with Gasteiger partial charge in [0, 0.05) is 47.7 Å². The van der Waals surface area contributed by atoms with Crippen LogP contribution in [0.25, 0.3) is 21.8 Å². The van der Waals surface area contributed by atoms with Crippen molar-refractivity contribution in [3.63, 3.8) is 0 Å². The Kier molecular flexibility index (Phi) is 5.58. The first-order valence-corrected chi connectivity index (χ1v) is 11.3. The summed E-state index contributed by atoms with van der Waals surface area (Å²) in [5, 5.41) is 5.13. The van der Waals surface area contributed by atoms with Crippen LogP contribution in [0.2, 0.25) is 0 Å². The molecule has 1 N–H and O–H groups in total. The first kappa shape index (κ1) is 20.6. The van der Waals surface area contributed by atoms with Crippen molar-refractivity contribution in [3.05, 3.63) is 83.7 Å². The molecule has 3 heterocycles. The van der Waals surface area contributed by atoms with E-state index in [1.54, 1.807) is 0 Å². The normalized spacial score (nSPS) is 16.8. The van der Waals surface area contributed by atoms with Crippen LogP contribution >= 0.6 is 0 Å². The fourth-order valence-electron chi connectivity index (χ4n) is 4.63. The molecule has 0 spiro atoms. The van der Waals surface area contributed by atoms with Gasteiger partial charge in [-0.1, -0.05) is 30.3 Å². The van der Waals surface area contributed by atoms with Crippen molar-refractivity contribution >= 4 is 27.7 Å². The Bertz CT molecular complexity index is 1280. The van der Waals surface area contributed by atoms with E-state index in [0.29, 0.717) is 5.92 Å². The van der Waals surface area contributed by atoms with Crippen LogP contribution < -0.4 is 5.32 Å². The second-order valence-corrected chi connectivity index (χ2v) is 8.99. The molecule has 1 saturated heterocycles. The van der Waals surface area contributed by atoms with E-state index in [1.165, 1.54) is 10.9 Å². The Morgan fingerprint density at radius 3 is 2.84 bits per heavy atom. The Morgan fingerprint density at radius 1 is 1.09 bits per heavy atom. The maximum atomic E-state index is 12.9. The highest BCUT2D eigenvalue weighted by atomic mass is 16.1. The number of para-hydroxylation sites is 1. The Hall–Kier alpha value is -3.31. The van der Waals surface area contributed by atoms with Gasteiger partial charge >= 0.3 is 0 Å². The molecule has 1 aliphatic rings. The monoisotopic (exact) mass is 424 g/mol. The van der Waals surface area contributed by atoms with Gasteiger partial charge in [-0.25, -0.2) is 0 Å². The highest BCUT2D eigenvalue weighted by Gasteiger charge is 2.26. The Labute approximate surface area is 188 Å². The molecule has 1 atom stereocenters. The van der Waals surface area contributed by atoms with E-state index >= 15 is 0 Å². The minimum atomic E-state index is -0.0283. The Morgan fingerprint density at radius 2 is 1.97 bits per heavy atom. The van der Waals surface area contributed by atoms with Gasteiger partial charge in [0.15, 0.2) is 0 Å². The second kappa shape index (κ2) is 8.67. The summed E-state index contributed by atoms with van der Waals surface area (Å²) in [5.41, 5.74) is 4.96. The molecule has 0 saturated carbocycles. The first-order valence-electron chi connectivity index (χ1n) is 11.3. The highest BCUT2D eigenvalue weighted by Crippen LogP contribution is 2.30. The molecular weight excluding hydrogens is 396 g/mol. The molecule has 0 aliphatic carbocycles. The molecule has 0 bridgehead atoms. The largest absolute Gasteiger partial charge is 0.350 e. The molecule has 1 amide bonds. The van der Waals surface area contributed by atoms with Gasteiger partial charge in [-0.05, 0) is 62.7 Å². The minimum absolute atomic E-state index is 0.0283. The third-order valence-corrected chi connectivity index (χ3v) is 6.16. The van der Waals surface area contributed by atoms with Crippen molar-refractivity contribution in [2.45, 2.75) is 38.8 Å². The molecule has 5 heteroatoms. The van der Waals surface area contributed by atoms with Crippen molar-refractivity contribution in [1.82, 2.24) is 20.2 Å². The van der Waals surface area contributed by atoms with E-state index in [1.807, 2.05) is 56.4 Å². The quantitative estimate of drug-likeness (QED) is 0.495. The maximum absolute atomic E-state index is 12.9. The highest BCUT2D eigenvalue weighted by molar-refractivity contribution is 6.06. The average Bonchev–Trinajstić information content (AvgIpc) is 3.26. The molecule has 4 aromatic rings. The van der Waals surface area contributed by atoms with Gasteiger partial charge < -0.3 is 5.32 Å². The third-order valence-electron chi connectivity index (χ3n) is 6.16. The van der Waals surface area contributed by atoms with Crippen LogP contribution in [0.5, 0.6) is 0 Å². The summed E-state index contributed by atoms with van der Waals surface area (Å²) in [5.74, 6) is 0.298. The van der Waals surface area contributed by atoms with Crippen LogP contribution in [-0.2, 0) is 6.54 Å². The van der Waals surface area contributed by atoms with Gasteiger partial charge in [0.1, 0.15) is 0 Å². The summed E-state index contributed by atoms with van der Waals surface area (Å²) in [4.78, 5) is 24.7. The molecule has 1 fully saturated rings. The lowest BCUT2D eigenvalue weighted by Gasteiger charge is -2.17. The summed E-state index contributed by atoms with van der Waals surface area (Å²) in [6.45, 7) is 6.86. The summed E-state index contributed by atoms with van der Waals surface area (Å²) in [7, 11) is 0. The predicted octanol–water partition coefficient (Wildman–Crippen LogP) is 4.91. The smallest absolute Gasteiger partial charge is 0.252 e. The van der Waals surface area contributed by atoms with Gasteiger partial charge in [0.25, 0.3) is 5.91 Å². The van der Waals surface area contributed by atoms with Crippen LogP contribution in [0, 0.1) is 0 Å². The van der Waals surface area contributed by atoms with Crippen molar-refractivity contribution in [2.75, 3.05) is 13.1 Å². The lowest BCUT2D eigenvalue weighted by Crippen LogP contribution is -2.30. The van der Waals surface area contributed by atoms with E-state index in [0.717, 1.165) is 53.7 Å². The number of pyridine rings is 2. The lowest BCUT2D eigenvalue weighted by molar-refractivity contribution is 0.0944. The van der Waals surface area contributed by atoms with Crippen molar-refractivity contribution < 1.29 is 4.79 Å². The van der Waals surface area contributed by atoms with E-state index in [4.69, 9.17) is 4.98 Å². The number of carbonyl (C=O) groups excluding carboxylic acids is 1. The number of amides is 1. The molecule has 5 rings (SSSR count). The molecular formula is C27H28N4O. The second-order valence-electron chi connectivity index (χ2n) is 8.99. The molecule has 162 valence electrons. The maximum Gasteiger partial charge on any atom is 0.252 e. The number of hydrogen-bond acceptors (Lipinski definition) is 4. The van der Waals surface area contributed by atoms with E-state index in [9.17, 15) is 4.79 Å². The molecule has 0 radical (unpaired) electrons. The standard InChI is InChI=1S/C27H28N4O/c1-18(2)29-27(32)23-15-26(30-25-8-4-3-7-22(23)25)21-11-13-31(17-21)16-19-9-10-24-20(14-19)6-5-12-28-24/h3-10,12,14-15,18,21H,11,13,16-17H2,1-2H3,(H,29,32). The first-order chi connectivity index (χ1) is 15.6. The molecule has 32 heavy (non-hydrogen) atoms. The lowest BCUT2D eigenvalue weighted by atomic mass is 9.99. The van der Waals surface area contributed by atoms with Crippen LogP contribution in [0.1, 0.15) is 47.8 Å². The minimum Gasteiger partial charge on any atom is -0.350 e. The van der Waals surface area contributed by atoms with Gasteiger partial charge in [-0.3, -0.25) is 19.7 Å². The zero-order valence-corrected chi connectivity index (χ0v) is 18.6. The SMILES string of the molecule is CC(C)NC(=O)c1cc(C2CCN(Cc3ccc4ncccc4c3)C2)nc2ccccc12. The number of likely N-dealkylation sites (tertiary alicyclic amines) is 1. The van der Waals surface area contributed by atoms with Gasteiger partial charge in [0.2, 0.25) is 0 Å². The number of carbonyl (C=O) groups is 1. The summed E-state index contributed by atoms with van der Waals surface area (Å²) in [6.07, 6.45) is 2.88. The number of nitrogens with one attached hydrogen (secondary N) is 1. The fraction of sp³-hybridized carbons (Fsp3) is 0.296. The van der Waals surface area contributed by atoms with Gasteiger partial charge in [-0.2, -0.15) is 0 Å². The van der Waals surface area contributed by atoms with Crippen LogP contribution in [0.4, 0.5) is 0 Å². The van der Waals surface area contributed by atoms with Crippen LogP contribution in [-0.4, -0.2) is 39.9 Å². The topological polar surface area (TPSA) is 58.1 Å². The summed E-state index contributed by atoms with van der Waals surface area (Å²) < 4.78 is 0. The molecule has 1 aliphatic heterocycles. The zero-order chi connectivity index (χ0) is 22.1. The number of nitrogens with zero attached hydrogens (tertiary/aromatic N) is 3. The van der Waals surface area contributed by atoms with Crippen LogP contribution in [0.15, 0.2) is 66.9 Å². The van der Waals surface area contributed by atoms with Crippen molar-refractivity contribution in [2.24, 2.45) is 0 Å². The van der Waals surface area contributed by atoms with Gasteiger partial charge in [0.05, 0.1) is 16.6 Å². The predicted molar refractivity (Wildman–Crippen MR) is 129 cm³/mol. The average molecular weight is 425 g/mol.